The number of rotatable bonds is 4. The average Bonchev–Trinajstić information content (AvgIpc) is 2.39. The van der Waals surface area contributed by atoms with E-state index in [1.807, 2.05) is 0 Å². The highest BCUT2D eigenvalue weighted by atomic mass is 16.5. The zero-order valence-electron chi connectivity index (χ0n) is 11.6. The molecule has 1 atom stereocenters. The molecule has 19 heavy (non-hydrogen) atoms. The van der Waals surface area contributed by atoms with Crippen molar-refractivity contribution in [3.63, 3.8) is 0 Å². The molecule has 0 saturated carbocycles. The van der Waals surface area contributed by atoms with Gasteiger partial charge in [-0.25, -0.2) is 0 Å². The molecular formula is C13H19N3O3. The van der Waals surface area contributed by atoms with Gasteiger partial charge in [0.2, 0.25) is 0 Å². The predicted molar refractivity (Wildman–Crippen MR) is 71.5 cm³/mol. The van der Waals surface area contributed by atoms with Crippen LogP contribution < -0.4 is 5.73 Å². The molecule has 0 fully saturated rings. The zero-order chi connectivity index (χ0) is 14.6. The molecule has 2 N–H and O–H groups in total. The van der Waals surface area contributed by atoms with E-state index in [1.165, 1.54) is 18.2 Å². The number of esters is 1. The van der Waals surface area contributed by atoms with E-state index >= 15 is 0 Å². The first-order valence-corrected chi connectivity index (χ1v) is 5.92. The van der Waals surface area contributed by atoms with E-state index < -0.39 is 0 Å². The lowest BCUT2D eigenvalue weighted by Gasteiger charge is -2.21. The van der Waals surface area contributed by atoms with Gasteiger partial charge >= 0.3 is 5.97 Å². The molecule has 0 bridgehead atoms. The van der Waals surface area contributed by atoms with Gasteiger partial charge < -0.3 is 15.4 Å². The summed E-state index contributed by atoms with van der Waals surface area (Å²) in [7, 11) is 2.96. The Morgan fingerprint density at radius 1 is 1.53 bits per heavy atom. The number of anilines is 1. The van der Waals surface area contributed by atoms with Crippen molar-refractivity contribution in [2.75, 3.05) is 26.4 Å². The third kappa shape index (κ3) is 3.67. The number of nitrogen functional groups attached to an aromatic ring is 1. The second-order valence-corrected chi connectivity index (χ2v) is 4.51. The number of aromatic nitrogens is 1. The van der Waals surface area contributed by atoms with Gasteiger partial charge in [-0.2, -0.15) is 0 Å². The topological polar surface area (TPSA) is 85.5 Å². The first kappa shape index (κ1) is 14.9. The molecule has 6 heteroatoms. The molecule has 0 radical (unpaired) electrons. The molecule has 1 amide bonds. The van der Waals surface area contributed by atoms with Crippen LogP contribution in [0.15, 0.2) is 12.3 Å². The summed E-state index contributed by atoms with van der Waals surface area (Å²) in [5, 5.41) is 0. The predicted octanol–water partition coefficient (Wildman–Crippen LogP) is 0.853. The first-order valence-electron chi connectivity index (χ1n) is 5.92. The molecule has 0 aliphatic rings. The highest BCUT2D eigenvalue weighted by Crippen LogP contribution is 2.13. The zero-order valence-corrected chi connectivity index (χ0v) is 11.6. The molecule has 6 nitrogen and oxygen atoms in total. The lowest BCUT2D eigenvalue weighted by molar-refractivity contribution is -0.145. The number of aryl methyl sites for hydroxylation is 1. The van der Waals surface area contributed by atoms with Crippen LogP contribution in [0.25, 0.3) is 0 Å². The summed E-state index contributed by atoms with van der Waals surface area (Å²) in [4.78, 5) is 29.1. The molecule has 1 rings (SSSR count). The van der Waals surface area contributed by atoms with E-state index in [9.17, 15) is 9.59 Å². The number of pyridine rings is 1. The number of carbonyl (C=O) groups is 2. The number of nitrogens with zero attached hydrogens (tertiary/aromatic N) is 2. The van der Waals surface area contributed by atoms with Crippen molar-refractivity contribution in [3.05, 3.63) is 23.5 Å². The number of carbonyl (C=O) groups excluding carboxylic acids is 2. The number of ether oxygens (including phenoxy) is 1. The van der Waals surface area contributed by atoms with Crippen molar-refractivity contribution in [3.8, 4) is 0 Å². The highest BCUT2D eigenvalue weighted by molar-refractivity contribution is 5.96. The van der Waals surface area contributed by atoms with Gasteiger partial charge in [-0.05, 0) is 13.0 Å². The molecule has 0 aliphatic heterocycles. The van der Waals surface area contributed by atoms with Gasteiger partial charge in [-0.1, -0.05) is 6.92 Å². The number of methoxy groups -OCH3 is 1. The Hall–Kier alpha value is -2.11. The largest absolute Gasteiger partial charge is 0.469 e. The maximum atomic E-state index is 12.2. The van der Waals surface area contributed by atoms with Gasteiger partial charge in [0, 0.05) is 13.6 Å². The minimum atomic E-state index is -0.381. The summed E-state index contributed by atoms with van der Waals surface area (Å²) in [5.74, 6) is -0.941. The Kier molecular flexibility index (Phi) is 4.86. The quantitative estimate of drug-likeness (QED) is 0.816. The number of nitrogens with two attached hydrogens (primary N) is 1. The minimum absolute atomic E-state index is 0.215. The van der Waals surface area contributed by atoms with Crippen LogP contribution in [0, 0.1) is 12.8 Å². The third-order valence-corrected chi connectivity index (χ3v) is 2.84. The fraction of sp³-hybridized carbons (Fsp3) is 0.462. The summed E-state index contributed by atoms with van der Waals surface area (Å²) in [5.41, 5.74) is 7.11. The van der Waals surface area contributed by atoms with Crippen LogP contribution in [0.2, 0.25) is 0 Å². The smallest absolute Gasteiger partial charge is 0.310 e. The molecule has 0 spiro atoms. The van der Waals surface area contributed by atoms with Crippen molar-refractivity contribution in [1.29, 1.82) is 0 Å². The summed E-state index contributed by atoms with van der Waals surface area (Å²) in [6.45, 7) is 3.73. The summed E-state index contributed by atoms with van der Waals surface area (Å²) in [6, 6.07) is 1.59. The maximum Gasteiger partial charge on any atom is 0.310 e. The highest BCUT2D eigenvalue weighted by Gasteiger charge is 2.21. The summed E-state index contributed by atoms with van der Waals surface area (Å²) >= 11 is 0. The van der Waals surface area contributed by atoms with Gasteiger partial charge in [0.1, 0.15) is 0 Å². The second-order valence-electron chi connectivity index (χ2n) is 4.51. The van der Waals surface area contributed by atoms with E-state index in [2.05, 4.69) is 9.72 Å². The lowest BCUT2D eigenvalue weighted by Crippen LogP contribution is -2.34. The van der Waals surface area contributed by atoms with Crippen molar-refractivity contribution >= 4 is 17.6 Å². The van der Waals surface area contributed by atoms with E-state index in [1.54, 1.807) is 27.0 Å². The third-order valence-electron chi connectivity index (χ3n) is 2.84. The van der Waals surface area contributed by atoms with E-state index in [0.717, 1.165) is 0 Å². The first-order chi connectivity index (χ1) is 8.86. The van der Waals surface area contributed by atoms with Crippen LogP contribution in [0.1, 0.15) is 23.0 Å². The van der Waals surface area contributed by atoms with Crippen LogP contribution in [0.3, 0.4) is 0 Å². The second kappa shape index (κ2) is 6.17. The fourth-order valence-corrected chi connectivity index (χ4v) is 1.74. The van der Waals surface area contributed by atoms with Crippen LogP contribution in [0.4, 0.5) is 5.69 Å². The van der Waals surface area contributed by atoms with Crippen LogP contribution in [-0.4, -0.2) is 42.5 Å². The molecule has 104 valence electrons. The summed E-state index contributed by atoms with van der Waals surface area (Å²) in [6.07, 6.45) is 1.50. The molecule has 1 heterocycles. The van der Waals surface area contributed by atoms with Gasteiger partial charge in [0.05, 0.1) is 36.2 Å². The Labute approximate surface area is 112 Å². The molecule has 1 aromatic heterocycles. The minimum Gasteiger partial charge on any atom is -0.469 e. The fourth-order valence-electron chi connectivity index (χ4n) is 1.74. The molecular weight excluding hydrogens is 246 g/mol. The number of amides is 1. The van der Waals surface area contributed by atoms with Crippen LogP contribution in [-0.2, 0) is 9.53 Å². The van der Waals surface area contributed by atoms with Gasteiger partial charge in [-0.15, -0.1) is 0 Å². The standard InChI is InChI=1S/C13H19N3O3/c1-8(13(18)19-4)7-16(3)12(17)11-5-10(14)6-15-9(11)2/h5-6,8H,7,14H2,1-4H3. The maximum absolute atomic E-state index is 12.2. The van der Waals surface area contributed by atoms with Crippen LogP contribution >= 0.6 is 0 Å². The lowest BCUT2D eigenvalue weighted by atomic mass is 10.1. The molecule has 0 aliphatic carbocycles. The Morgan fingerprint density at radius 3 is 2.74 bits per heavy atom. The SMILES string of the molecule is COC(=O)C(C)CN(C)C(=O)c1cc(N)cnc1C. The molecule has 0 saturated heterocycles. The normalized spacial score (nSPS) is 11.8. The number of hydrogen-bond donors (Lipinski definition) is 1. The molecule has 1 unspecified atom stereocenters. The monoisotopic (exact) mass is 265 g/mol. The van der Waals surface area contributed by atoms with Crippen molar-refractivity contribution < 1.29 is 14.3 Å². The van der Waals surface area contributed by atoms with Crippen molar-refractivity contribution in [2.45, 2.75) is 13.8 Å². The van der Waals surface area contributed by atoms with Gasteiger partial charge in [0.15, 0.2) is 0 Å². The van der Waals surface area contributed by atoms with E-state index in [-0.39, 0.29) is 24.3 Å². The van der Waals surface area contributed by atoms with Crippen molar-refractivity contribution in [2.24, 2.45) is 5.92 Å². The Balaban J connectivity index is 2.82. The summed E-state index contributed by atoms with van der Waals surface area (Å²) < 4.78 is 4.63. The van der Waals surface area contributed by atoms with E-state index in [0.29, 0.717) is 16.9 Å². The van der Waals surface area contributed by atoms with Crippen LogP contribution in [0.5, 0.6) is 0 Å². The molecule has 1 aromatic rings. The average molecular weight is 265 g/mol. The Bertz CT molecular complexity index is 488. The van der Waals surface area contributed by atoms with Crippen molar-refractivity contribution in [1.82, 2.24) is 9.88 Å². The van der Waals surface area contributed by atoms with Gasteiger partial charge in [-0.3, -0.25) is 14.6 Å². The van der Waals surface area contributed by atoms with E-state index in [4.69, 9.17) is 5.73 Å². The number of hydrogen-bond acceptors (Lipinski definition) is 5. The van der Waals surface area contributed by atoms with Gasteiger partial charge in [0.25, 0.3) is 5.91 Å². The Morgan fingerprint density at radius 2 is 2.16 bits per heavy atom. The molecule has 0 aromatic carbocycles.